The first-order valence-corrected chi connectivity index (χ1v) is 13.7. The van der Waals surface area contributed by atoms with E-state index in [4.69, 9.17) is 9.72 Å². The predicted octanol–water partition coefficient (Wildman–Crippen LogP) is 3.13. The number of ether oxygens (including phenoxy) is 1. The van der Waals surface area contributed by atoms with Gasteiger partial charge in [-0.3, -0.25) is 9.59 Å². The summed E-state index contributed by atoms with van der Waals surface area (Å²) in [6.45, 7) is 6.57. The molecule has 1 aromatic carbocycles. The number of carbonyl (C=O) groups excluding carboxylic acids is 2. The minimum atomic E-state index is -0.217. The molecule has 2 unspecified atom stereocenters. The summed E-state index contributed by atoms with van der Waals surface area (Å²) in [5.41, 5.74) is 3.22. The Hall–Kier alpha value is -3.13. The first-order valence-electron chi connectivity index (χ1n) is 13.7. The number of nitrogens with one attached hydrogen (secondary N) is 3. The molecular weight excluding hydrogens is 466 g/mol. The van der Waals surface area contributed by atoms with Crippen molar-refractivity contribution in [1.29, 1.82) is 0 Å². The van der Waals surface area contributed by atoms with E-state index in [1.807, 2.05) is 31.2 Å². The maximum Gasteiger partial charge on any atom is 0.253 e. The first kappa shape index (κ1) is 24.2. The number of amides is 2. The molecule has 37 heavy (non-hydrogen) atoms. The topological polar surface area (TPSA) is 95.6 Å². The van der Waals surface area contributed by atoms with Gasteiger partial charge in [-0.1, -0.05) is 6.07 Å². The summed E-state index contributed by atoms with van der Waals surface area (Å²) in [5, 5.41) is 9.87. The molecule has 196 valence electrons. The van der Waals surface area contributed by atoms with Gasteiger partial charge in [0.2, 0.25) is 0 Å². The van der Waals surface area contributed by atoms with Crippen LogP contribution < -0.4 is 25.6 Å². The van der Waals surface area contributed by atoms with Crippen LogP contribution in [0.25, 0.3) is 0 Å². The maximum absolute atomic E-state index is 13.2. The fraction of sp³-hybridized carbons (Fsp3) is 0.552. The highest BCUT2D eigenvalue weighted by molar-refractivity contribution is 5.97. The van der Waals surface area contributed by atoms with Crippen molar-refractivity contribution >= 4 is 17.6 Å². The molecule has 0 aliphatic carbocycles. The van der Waals surface area contributed by atoms with E-state index in [2.05, 4.69) is 27.8 Å². The van der Waals surface area contributed by atoms with Gasteiger partial charge in [-0.2, -0.15) is 0 Å². The second kappa shape index (κ2) is 9.63. The van der Waals surface area contributed by atoms with E-state index in [1.54, 1.807) is 6.20 Å². The van der Waals surface area contributed by atoms with Gasteiger partial charge < -0.3 is 25.6 Å². The molecule has 6 rings (SSSR count). The molecule has 5 heterocycles. The normalized spacial score (nSPS) is 28.4. The number of anilines is 1. The van der Waals surface area contributed by atoms with E-state index >= 15 is 0 Å². The van der Waals surface area contributed by atoms with Gasteiger partial charge in [0.1, 0.15) is 11.6 Å². The van der Waals surface area contributed by atoms with Crippen LogP contribution >= 0.6 is 0 Å². The molecule has 3 atom stereocenters. The Morgan fingerprint density at radius 1 is 1.14 bits per heavy atom. The number of benzene rings is 1. The fourth-order valence-electron chi connectivity index (χ4n) is 6.77. The number of nitrogens with zero attached hydrogens (tertiary/aromatic N) is 2. The number of carbonyl (C=O) groups is 2. The lowest BCUT2D eigenvalue weighted by atomic mass is 9.92. The summed E-state index contributed by atoms with van der Waals surface area (Å²) in [6.07, 6.45) is 8.65. The van der Waals surface area contributed by atoms with Crippen LogP contribution in [0.5, 0.6) is 5.75 Å². The molecule has 3 saturated heterocycles. The van der Waals surface area contributed by atoms with Crippen LogP contribution in [0, 0.1) is 6.92 Å². The minimum Gasteiger partial charge on any atom is -0.493 e. The molecule has 8 heteroatoms. The SMILES string of the molecule is Cc1c(C(=O)NC2CC3CCC(C2)N3c2ccc(C(=O)N[C@]3(C)CCCNC3)cn2)ccc2c1OCC2. The zero-order chi connectivity index (χ0) is 25.6. The van der Waals surface area contributed by atoms with E-state index in [0.29, 0.717) is 29.8 Å². The van der Waals surface area contributed by atoms with Crippen LogP contribution in [-0.2, 0) is 6.42 Å². The Kier molecular flexibility index (Phi) is 6.31. The molecule has 4 aliphatic heterocycles. The van der Waals surface area contributed by atoms with Gasteiger partial charge in [0, 0.05) is 48.4 Å². The lowest BCUT2D eigenvalue weighted by Crippen LogP contribution is -2.55. The molecule has 2 bridgehead atoms. The molecule has 0 spiro atoms. The Balaban J connectivity index is 1.09. The monoisotopic (exact) mass is 503 g/mol. The number of piperidine rings is 2. The summed E-state index contributed by atoms with van der Waals surface area (Å²) < 4.78 is 5.76. The van der Waals surface area contributed by atoms with Crippen molar-refractivity contribution in [2.24, 2.45) is 0 Å². The largest absolute Gasteiger partial charge is 0.493 e. The second-order valence-electron chi connectivity index (χ2n) is 11.5. The lowest BCUT2D eigenvalue weighted by Gasteiger charge is -2.40. The van der Waals surface area contributed by atoms with Crippen molar-refractivity contribution in [2.75, 3.05) is 24.6 Å². The van der Waals surface area contributed by atoms with Gasteiger partial charge in [0.15, 0.2) is 0 Å². The first-order chi connectivity index (χ1) is 17.9. The summed E-state index contributed by atoms with van der Waals surface area (Å²) in [6, 6.07) is 8.66. The number of fused-ring (bicyclic) bond motifs is 3. The summed E-state index contributed by atoms with van der Waals surface area (Å²) in [4.78, 5) is 33.1. The zero-order valence-electron chi connectivity index (χ0n) is 21.8. The Labute approximate surface area is 218 Å². The van der Waals surface area contributed by atoms with Crippen molar-refractivity contribution in [1.82, 2.24) is 20.9 Å². The second-order valence-corrected chi connectivity index (χ2v) is 11.5. The van der Waals surface area contributed by atoms with Crippen LogP contribution in [-0.4, -0.2) is 60.2 Å². The third-order valence-electron chi connectivity index (χ3n) is 8.71. The highest BCUT2D eigenvalue weighted by Gasteiger charge is 2.42. The van der Waals surface area contributed by atoms with E-state index in [1.165, 1.54) is 5.56 Å². The third kappa shape index (κ3) is 4.67. The standard InChI is InChI=1S/C29H37N5O3/c1-18-24(8-4-19-10-13-37-26(18)19)28(36)32-21-14-22-6-7-23(15-21)34(22)25-9-5-20(16-31-25)27(35)33-29(2)11-3-12-30-17-29/h4-5,8-9,16,21-23,30H,3,6-7,10-15,17H2,1-2H3,(H,32,36)(H,33,35)/t21?,22?,23?,29-/m1/s1. The Morgan fingerprint density at radius 2 is 1.95 bits per heavy atom. The molecule has 3 N–H and O–H groups in total. The molecule has 4 aliphatic rings. The molecule has 2 aromatic rings. The van der Waals surface area contributed by atoms with Gasteiger partial charge in [-0.15, -0.1) is 0 Å². The zero-order valence-corrected chi connectivity index (χ0v) is 21.8. The van der Waals surface area contributed by atoms with Crippen molar-refractivity contribution in [3.8, 4) is 5.75 Å². The average Bonchev–Trinajstić information content (AvgIpc) is 3.47. The number of rotatable bonds is 5. The predicted molar refractivity (Wildman–Crippen MR) is 142 cm³/mol. The van der Waals surface area contributed by atoms with Gasteiger partial charge in [-0.05, 0) is 82.7 Å². The summed E-state index contributed by atoms with van der Waals surface area (Å²) in [7, 11) is 0. The van der Waals surface area contributed by atoms with Crippen LogP contribution in [0.4, 0.5) is 5.82 Å². The molecule has 0 saturated carbocycles. The van der Waals surface area contributed by atoms with Gasteiger partial charge in [0.25, 0.3) is 11.8 Å². The Morgan fingerprint density at radius 3 is 2.65 bits per heavy atom. The van der Waals surface area contributed by atoms with Crippen molar-refractivity contribution in [3.05, 3.63) is 52.7 Å². The number of pyridine rings is 1. The summed E-state index contributed by atoms with van der Waals surface area (Å²) >= 11 is 0. The molecule has 0 radical (unpaired) electrons. The highest BCUT2D eigenvalue weighted by atomic mass is 16.5. The molecule has 3 fully saturated rings. The number of aromatic nitrogens is 1. The average molecular weight is 504 g/mol. The smallest absolute Gasteiger partial charge is 0.253 e. The van der Waals surface area contributed by atoms with E-state index < -0.39 is 0 Å². The van der Waals surface area contributed by atoms with Crippen molar-refractivity contribution in [3.63, 3.8) is 0 Å². The highest BCUT2D eigenvalue weighted by Crippen LogP contribution is 2.39. The molecule has 1 aromatic heterocycles. The van der Waals surface area contributed by atoms with E-state index in [0.717, 1.165) is 75.2 Å². The van der Waals surface area contributed by atoms with Crippen LogP contribution in [0.15, 0.2) is 30.5 Å². The Bertz CT molecular complexity index is 1180. The minimum absolute atomic E-state index is 0.0102. The quantitative estimate of drug-likeness (QED) is 0.580. The molecular formula is C29H37N5O3. The number of hydrogen-bond donors (Lipinski definition) is 3. The van der Waals surface area contributed by atoms with Gasteiger partial charge in [-0.25, -0.2) is 4.98 Å². The van der Waals surface area contributed by atoms with Crippen LogP contribution in [0.3, 0.4) is 0 Å². The molecule has 8 nitrogen and oxygen atoms in total. The fourth-order valence-corrected chi connectivity index (χ4v) is 6.77. The van der Waals surface area contributed by atoms with Crippen molar-refractivity contribution < 1.29 is 14.3 Å². The van der Waals surface area contributed by atoms with Crippen molar-refractivity contribution in [2.45, 2.75) is 82.5 Å². The van der Waals surface area contributed by atoms with Gasteiger partial charge in [0.05, 0.1) is 17.7 Å². The van der Waals surface area contributed by atoms with E-state index in [9.17, 15) is 9.59 Å². The summed E-state index contributed by atoms with van der Waals surface area (Å²) in [5.74, 6) is 1.73. The van der Waals surface area contributed by atoms with Crippen LogP contribution in [0.1, 0.15) is 77.3 Å². The van der Waals surface area contributed by atoms with Gasteiger partial charge >= 0.3 is 0 Å². The lowest BCUT2D eigenvalue weighted by molar-refractivity contribution is 0.0888. The number of hydrogen-bond acceptors (Lipinski definition) is 6. The van der Waals surface area contributed by atoms with E-state index in [-0.39, 0.29) is 23.4 Å². The maximum atomic E-state index is 13.2. The molecule has 2 amide bonds. The third-order valence-corrected chi connectivity index (χ3v) is 8.71. The van der Waals surface area contributed by atoms with Crippen LogP contribution in [0.2, 0.25) is 0 Å².